The SMILES string of the molecule is COc1ccc(NC(C)=O)cc1N[C@H](C)C(=O)NCc1ccc2c(c1)OCO2. The van der Waals surface area contributed by atoms with Crippen LogP contribution in [0.5, 0.6) is 17.2 Å². The van der Waals surface area contributed by atoms with Crippen molar-refractivity contribution in [3.05, 3.63) is 42.0 Å². The van der Waals surface area contributed by atoms with Gasteiger partial charge in [0, 0.05) is 19.2 Å². The molecular formula is C20H23N3O5. The van der Waals surface area contributed by atoms with E-state index in [1.165, 1.54) is 6.92 Å². The number of hydrogen-bond donors (Lipinski definition) is 3. The van der Waals surface area contributed by atoms with Crippen LogP contribution in [0, 0.1) is 0 Å². The molecule has 148 valence electrons. The van der Waals surface area contributed by atoms with Crippen LogP contribution in [0.15, 0.2) is 36.4 Å². The predicted molar refractivity (Wildman–Crippen MR) is 105 cm³/mol. The number of benzene rings is 2. The Bertz CT molecular complexity index is 884. The minimum Gasteiger partial charge on any atom is -0.495 e. The van der Waals surface area contributed by atoms with Gasteiger partial charge in [0.05, 0.1) is 12.8 Å². The number of anilines is 2. The number of carbonyl (C=O) groups is 2. The standard InChI is InChI=1S/C20H23N3O5/c1-12(22-16-9-15(23-13(2)24)5-7-17(16)26-3)20(25)21-10-14-4-6-18-19(8-14)28-11-27-18/h4-9,12,22H,10-11H2,1-3H3,(H,21,25)(H,23,24)/t12-/m1/s1. The first-order valence-corrected chi connectivity index (χ1v) is 8.84. The lowest BCUT2D eigenvalue weighted by Crippen LogP contribution is -2.37. The Morgan fingerprint density at radius 3 is 2.68 bits per heavy atom. The molecule has 3 rings (SSSR count). The van der Waals surface area contributed by atoms with E-state index in [0.717, 1.165) is 5.56 Å². The molecule has 2 aromatic carbocycles. The average Bonchev–Trinajstić information content (AvgIpc) is 3.13. The van der Waals surface area contributed by atoms with Gasteiger partial charge in [0.25, 0.3) is 0 Å². The molecule has 2 amide bonds. The van der Waals surface area contributed by atoms with Gasteiger partial charge < -0.3 is 30.2 Å². The number of hydrogen-bond acceptors (Lipinski definition) is 6. The van der Waals surface area contributed by atoms with Gasteiger partial charge in [-0.1, -0.05) is 6.07 Å². The van der Waals surface area contributed by atoms with Crippen LogP contribution in [-0.4, -0.2) is 31.8 Å². The summed E-state index contributed by atoms with van der Waals surface area (Å²) in [6.45, 7) is 3.76. The van der Waals surface area contributed by atoms with Crippen LogP contribution in [0.1, 0.15) is 19.4 Å². The largest absolute Gasteiger partial charge is 0.495 e. The molecule has 28 heavy (non-hydrogen) atoms. The number of fused-ring (bicyclic) bond motifs is 1. The quantitative estimate of drug-likeness (QED) is 0.678. The molecule has 0 radical (unpaired) electrons. The van der Waals surface area contributed by atoms with Crippen molar-refractivity contribution in [1.82, 2.24) is 5.32 Å². The number of ether oxygens (including phenoxy) is 3. The summed E-state index contributed by atoms with van der Waals surface area (Å²) in [5, 5.41) is 8.71. The third-order valence-corrected chi connectivity index (χ3v) is 4.19. The van der Waals surface area contributed by atoms with Crippen LogP contribution in [0.3, 0.4) is 0 Å². The van der Waals surface area contributed by atoms with Crippen LogP contribution >= 0.6 is 0 Å². The second-order valence-corrected chi connectivity index (χ2v) is 6.37. The van der Waals surface area contributed by atoms with Crippen molar-refractivity contribution in [2.45, 2.75) is 26.4 Å². The van der Waals surface area contributed by atoms with Crippen LogP contribution in [0.2, 0.25) is 0 Å². The molecule has 8 heteroatoms. The van der Waals surface area contributed by atoms with Crippen molar-refractivity contribution >= 4 is 23.2 Å². The molecular weight excluding hydrogens is 362 g/mol. The molecule has 1 aliphatic heterocycles. The summed E-state index contributed by atoms with van der Waals surface area (Å²) in [4.78, 5) is 23.7. The Kier molecular flexibility index (Phi) is 5.88. The summed E-state index contributed by atoms with van der Waals surface area (Å²) in [5.74, 6) is 1.61. The Hall–Kier alpha value is -3.42. The van der Waals surface area contributed by atoms with E-state index in [9.17, 15) is 9.59 Å². The first kappa shape index (κ1) is 19.3. The van der Waals surface area contributed by atoms with Crippen LogP contribution < -0.4 is 30.2 Å². The van der Waals surface area contributed by atoms with Crippen LogP contribution in [0.4, 0.5) is 11.4 Å². The summed E-state index contributed by atoms with van der Waals surface area (Å²) >= 11 is 0. The Balaban J connectivity index is 1.61. The first-order chi connectivity index (χ1) is 13.5. The Labute approximate surface area is 163 Å². The van der Waals surface area contributed by atoms with Gasteiger partial charge >= 0.3 is 0 Å². The fraction of sp³-hybridized carbons (Fsp3) is 0.300. The molecule has 8 nitrogen and oxygen atoms in total. The van der Waals surface area contributed by atoms with Crippen molar-refractivity contribution in [2.75, 3.05) is 24.5 Å². The molecule has 0 saturated heterocycles. The van der Waals surface area contributed by atoms with E-state index < -0.39 is 6.04 Å². The molecule has 2 aromatic rings. The van der Waals surface area contributed by atoms with Gasteiger partial charge in [-0.15, -0.1) is 0 Å². The highest BCUT2D eigenvalue weighted by atomic mass is 16.7. The predicted octanol–water partition coefficient (Wildman–Crippen LogP) is 2.50. The molecule has 0 saturated carbocycles. The highest BCUT2D eigenvalue weighted by Crippen LogP contribution is 2.32. The Morgan fingerprint density at radius 2 is 1.93 bits per heavy atom. The second kappa shape index (κ2) is 8.51. The van der Waals surface area contributed by atoms with E-state index >= 15 is 0 Å². The summed E-state index contributed by atoms with van der Waals surface area (Å²) in [6, 6.07) is 10.2. The van der Waals surface area contributed by atoms with Crippen molar-refractivity contribution in [1.29, 1.82) is 0 Å². The van der Waals surface area contributed by atoms with Crippen LogP contribution in [0.25, 0.3) is 0 Å². The molecule has 0 aliphatic carbocycles. The molecule has 1 aliphatic rings. The molecule has 1 atom stereocenters. The second-order valence-electron chi connectivity index (χ2n) is 6.37. The fourth-order valence-electron chi connectivity index (χ4n) is 2.79. The third kappa shape index (κ3) is 4.64. The zero-order chi connectivity index (χ0) is 20.1. The maximum Gasteiger partial charge on any atom is 0.242 e. The number of rotatable bonds is 7. The van der Waals surface area contributed by atoms with Gasteiger partial charge in [-0.05, 0) is 42.8 Å². The smallest absolute Gasteiger partial charge is 0.242 e. The molecule has 0 bridgehead atoms. The van der Waals surface area contributed by atoms with Gasteiger partial charge in [0.2, 0.25) is 18.6 Å². The molecule has 0 fully saturated rings. The topological polar surface area (TPSA) is 97.9 Å². The summed E-state index contributed by atoms with van der Waals surface area (Å²) in [6.07, 6.45) is 0. The summed E-state index contributed by atoms with van der Waals surface area (Å²) in [5.41, 5.74) is 2.14. The zero-order valence-corrected chi connectivity index (χ0v) is 16.0. The van der Waals surface area contributed by atoms with Crippen molar-refractivity contribution in [3.63, 3.8) is 0 Å². The third-order valence-electron chi connectivity index (χ3n) is 4.19. The molecule has 1 heterocycles. The van der Waals surface area contributed by atoms with Gasteiger partial charge in [0.15, 0.2) is 11.5 Å². The van der Waals surface area contributed by atoms with E-state index in [1.807, 2.05) is 18.2 Å². The van der Waals surface area contributed by atoms with Gasteiger partial charge in [-0.3, -0.25) is 9.59 Å². The van der Waals surface area contributed by atoms with Crippen molar-refractivity contribution in [3.8, 4) is 17.2 Å². The van der Waals surface area contributed by atoms with E-state index in [4.69, 9.17) is 14.2 Å². The zero-order valence-electron chi connectivity index (χ0n) is 16.0. The maximum atomic E-state index is 12.5. The lowest BCUT2D eigenvalue weighted by Gasteiger charge is -2.18. The fourth-order valence-corrected chi connectivity index (χ4v) is 2.79. The first-order valence-electron chi connectivity index (χ1n) is 8.84. The maximum absolute atomic E-state index is 12.5. The van der Waals surface area contributed by atoms with Crippen molar-refractivity contribution < 1.29 is 23.8 Å². The van der Waals surface area contributed by atoms with Gasteiger partial charge in [-0.25, -0.2) is 0 Å². The summed E-state index contributed by atoms with van der Waals surface area (Å²) < 4.78 is 16.0. The molecule has 3 N–H and O–H groups in total. The van der Waals surface area contributed by atoms with E-state index in [-0.39, 0.29) is 18.6 Å². The van der Waals surface area contributed by atoms with E-state index in [2.05, 4.69) is 16.0 Å². The molecule has 0 aromatic heterocycles. The highest BCUT2D eigenvalue weighted by Gasteiger charge is 2.17. The average molecular weight is 385 g/mol. The van der Waals surface area contributed by atoms with E-state index in [0.29, 0.717) is 35.2 Å². The monoisotopic (exact) mass is 385 g/mol. The minimum atomic E-state index is -0.518. The number of nitrogens with one attached hydrogen (secondary N) is 3. The van der Waals surface area contributed by atoms with Gasteiger partial charge in [0.1, 0.15) is 11.8 Å². The van der Waals surface area contributed by atoms with E-state index in [1.54, 1.807) is 32.2 Å². The lowest BCUT2D eigenvalue weighted by molar-refractivity contribution is -0.121. The lowest BCUT2D eigenvalue weighted by atomic mass is 10.2. The minimum absolute atomic E-state index is 0.175. The number of carbonyl (C=O) groups excluding carboxylic acids is 2. The van der Waals surface area contributed by atoms with Crippen molar-refractivity contribution in [2.24, 2.45) is 0 Å². The molecule has 0 unspecified atom stereocenters. The summed E-state index contributed by atoms with van der Waals surface area (Å²) in [7, 11) is 1.54. The highest BCUT2D eigenvalue weighted by molar-refractivity contribution is 5.90. The normalized spacial score (nSPS) is 12.8. The van der Waals surface area contributed by atoms with Crippen LogP contribution in [-0.2, 0) is 16.1 Å². The number of methoxy groups -OCH3 is 1. The molecule has 0 spiro atoms. The Morgan fingerprint density at radius 1 is 1.14 bits per heavy atom. The number of amides is 2. The van der Waals surface area contributed by atoms with Gasteiger partial charge in [-0.2, -0.15) is 0 Å².